The molecule has 0 saturated heterocycles. The summed E-state index contributed by atoms with van der Waals surface area (Å²) in [6.07, 6.45) is -5.59. The Morgan fingerprint density at radius 1 is 1.12 bits per heavy atom. The van der Waals surface area contributed by atoms with Gasteiger partial charge in [0.25, 0.3) is 0 Å². The van der Waals surface area contributed by atoms with E-state index in [-0.39, 0.29) is 10.8 Å². The van der Waals surface area contributed by atoms with Gasteiger partial charge in [-0.2, -0.15) is 22.0 Å². The van der Waals surface area contributed by atoms with Gasteiger partial charge in [-0.15, -0.1) is 11.3 Å². The van der Waals surface area contributed by atoms with E-state index in [9.17, 15) is 22.0 Å². The first-order valence-electron chi connectivity index (χ1n) is 4.60. The molecule has 1 heterocycles. The Bertz CT molecular complexity index is 552. The van der Waals surface area contributed by atoms with Gasteiger partial charge in [0.1, 0.15) is 0 Å². The third-order valence-electron chi connectivity index (χ3n) is 2.42. The molecule has 0 unspecified atom stereocenters. The van der Waals surface area contributed by atoms with Gasteiger partial charge in [0.15, 0.2) is 0 Å². The lowest BCUT2D eigenvalue weighted by molar-refractivity contribution is -0.288. The largest absolute Gasteiger partial charge is 0.458 e. The van der Waals surface area contributed by atoms with Gasteiger partial charge in [-0.05, 0) is 6.92 Å². The van der Waals surface area contributed by atoms with Crippen LogP contribution < -0.4 is 0 Å². The van der Waals surface area contributed by atoms with Crippen LogP contribution in [0.5, 0.6) is 0 Å². The van der Waals surface area contributed by atoms with Crippen LogP contribution in [0, 0.1) is 12.3 Å². The molecule has 0 N–H and O–H groups in total. The molecule has 1 radical (unpaired) electrons. The van der Waals surface area contributed by atoms with Crippen LogP contribution in [-0.2, 0) is 5.92 Å². The number of rotatable bonds is 1. The van der Waals surface area contributed by atoms with Crippen molar-refractivity contribution in [2.75, 3.05) is 0 Å². The summed E-state index contributed by atoms with van der Waals surface area (Å²) in [5, 5.41) is 2.92. The molecule has 1 aromatic heterocycles. The zero-order valence-corrected chi connectivity index (χ0v) is 9.35. The molecule has 0 aliphatic rings. The fourth-order valence-corrected chi connectivity index (χ4v) is 2.37. The highest BCUT2D eigenvalue weighted by Gasteiger charge is 2.59. The van der Waals surface area contributed by atoms with E-state index in [0.29, 0.717) is 4.88 Å². The molecule has 0 amide bonds. The zero-order valence-electron chi connectivity index (χ0n) is 8.53. The highest BCUT2D eigenvalue weighted by atomic mass is 32.1. The minimum absolute atomic E-state index is 0.0557. The summed E-state index contributed by atoms with van der Waals surface area (Å²) in [5.41, 5.74) is -1.00. The second-order valence-electron chi connectivity index (χ2n) is 3.56. The number of alkyl halides is 5. The SMILES string of the molecule is Cc1s[c]c2cccc(C(F)(F)C(F)(F)F)c12. The van der Waals surface area contributed by atoms with Crippen LogP contribution in [0.3, 0.4) is 0 Å². The highest BCUT2D eigenvalue weighted by molar-refractivity contribution is 7.11. The number of hydrogen-bond acceptors (Lipinski definition) is 1. The van der Waals surface area contributed by atoms with Crippen molar-refractivity contribution in [3.05, 3.63) is 34.0 Å². The molecule has 2 aromatic rings. The summed E-state index contributed by atoms with van der Waals surface area (Å²) in [7, 11) is 0. The first-order chi connectivity index (χ1) is 7.75. The molecule has 0 aliphatic heterocycles. The standard InChI is InChI=1S/C11H6F5S/c1-6-9-7(5-17-6)3-2-4-8(9)10(12,13)11(14,15)16/h2-4H,1H3. The smallest absolute Gasteiger partial charge is 0.191 e. The number of benzene rings is 1. The van der Waals surface area contributed by atoms with E-state index in [4.69, 9.17) is 0 Å². The summed E-state index contributed by atoms with van der Waals surface area (Å²) < 4.78 is 63.6. The van der Waals surface area contributed by atoms with Crippen LogP contribution in [0.15, 0.2) is 18.2 Å². The number of aryl methyl sites for hydroxylation is 1. The molecule has 0 aliphatic carbocycles. The third kappa shape index (κ3) is 1.80. The van der Waals surface area contributed by atoms with E-state index in [1.807, 2.05) is 0 Å². The second-order valence-corrected chi connectivity index (χ2v) is 4.58. The maximum absolute atomic E-state index is 13.3. The van der Waals surface area contributed by atoms with Crippen molar-refractivity contribution in [1.82, 2.24) is 0 Å². The molecule has 0 nitrogen and oxygen atoms in total. The quantitative estimate of drug-likeness (QED) is 0.657. The lowest BCUT2D eigenvalue weighted by atomic mass is 10.0. The molecule has 0 fully saturated rings. The topological polar surface area (TPSA) is 0 Å². The Kier molecular flexibility index (Phi) is 2.65. The summed E-state index contributed by atoms with van der Waals surface area (Å²) in [4.78, 5) is 0.402. The van der Waals surface area contributed by atoms with Crippen LogP contribution >= 0.6 is 11.3 Å². The summed E-state index contributed by atoms with van der Waals surface area (Å²) in [6.45, 7) is 1.50. The van der Waals surface area contributed by atoms with E-state index in [1.54, 1.807) is 0 Å². The Morgan fingerprint density at radius 2 is 1.76 bits per heavy atom. The third-order valence-corrected chi connectivity index (χ3v) is 3.26. The average Bonchev–Trinajstić information content (AvgIpc) is 2.59. The Labute approximate surface area is 97.7 Å². The van der Waals surface area contributed by atoms with Gasteiger partial charge in [0, 0.05) is 21.2 Å². The van der Waals surface area contributed by atoms with Gasteiger partial charge < -0.3 is 0 Å². The monoisotopic (exact) mass is 265 g/mol. The van der Waals surface area contributed by atoms with Crippen LogP contribution in [-0.4, -0.2) is 6.18 Å². The van der Waals surface area contributed by atoms with E-state index >= 15 is 0 Å². The molecule has 0 atom stereocenters. The summed E-state index contributed by atoms with van der Waals surface area (Å²) in [5.74, 6) is -4.84. The van der Waals surface area contributed by atoms with Crippen molar-refractivity contribution >= 4 is 22.1 Å². The molecular weight excluding hydrogens is 259 g/mol. The number of hydrogen-bond donors (Lipinski definition) is 0. The number of fused-ring (bicyclic) bond motifs is 1. The normalized spacial score (nSPS) is 13.3. The van der Waals surface area contributed by atoms with Gasteiger partial charge in [0.05, 0.1) is 5.38 Å². The van der Waals surface area contributed by atoms with Crippen molar-refractivity contribution < 1.29 is 22.0 Å². The molecule has 0 bridgehead atoms. The van der Waals surface area contributed by atoms with E-state index < -0.39 is 17.7 Å². The second kappa shape index (κ2) is 3.66. The lowest BCUT2D eigenvalue weighted by Gasteiger charge is -2.21. The lowest BCUT2D eigenvalue weighted by Crippen LogP contribution is -2.33. The Hall–Kier alpha value is -1.17. The fraction of sp³-hybridized carbons (Fsp3) is 0.273. The van der Waals surface area contributed by atoms with Crippen molar-refractivity contribution in [3.8, 4) is 0 Å². The van der Waals surface area contributed by atoms with Crippen LogP contribution in [0.4, 0.5) is 22.0 Å². The first kappa shape index (κ1) is 12.3. The molecule has 1 aromatic carbocycles. The van der Waals surface area contributed by atoms with Crippen molar-refractivity contribution in [1.29, 1.82) is 0 Å². The minimum atomic E-state index is -5.59. The zero-order chi connectivity index (χ0) is 12.8. The molecule has 2 rings (SSSR count). The van der Waals surface area contributed by atoms with Crippen LogP contribution in [0.1, 0.15) is 10.4 Å². The highest BCUT2D eigenvalue weighted by Crippen LogP contribution is 2.47. The van der Waals surface area contributed by atoms with E-state index in [0.717, 1.165) is 17.4 Å². The number of thiophene rings is 1. The van der Waals surface area contributed by atoms with Gasteiger partial charge in [-0.3, -0.25) is 0 Å². The number of halogens is 5. The maximum atomic E-state index is 13.3. The fourth-order valence-electron chi connectivity index (χ4n) is 1.61. The first-order valence-corrected chi connectivity index (χ1v) is 5.41. The molecule has 0 saturated carbocycles. The summed E-state index contributed by atoms with van der Waals surface area (Å²) >= 11 is 1.03. The molecule has 17 heavy (non-hydrogen) atoms. The van der Waals surface area contributed by atoms with Gasteiger partial charge in [0.2, 0.25) is 0 Å². The molecule has 0 spiro atoms. The molecule has 6 heteroatoms. The Morgan fingerprint density at radius 3 is 2.35 bits per heavy atom. The van der Waals surface area contributed by atoms with Crippen molar-refractivity contribution in [3.63, 3.8) is 0 Å². The van der Waals surface area contributed by atoms with Gasteiger partial charge in [-0.25, -0.2) is 0 Å². The predicted octanol–water partition coefficient (Wildman–Crippen LogP) is 4.66. The van der Waals surface area contributed by atoms with Gasteiger partial charge in [-0.1, -0.05) is 18.2 Å². The van der Waals surface area contributed by atoms with Gasteiger partial charge >= 0.3 is 12.1 Å². The summed E-state index contributed by atoms with van der Waals surface area (Å²) in [6, 6.07) is 3.46. The minimum Gasteiger partial charge on any atom is -0.191 e. The predicted molar refractivity (Wildman–Crippen MR) is 55.3 cm³/mol. The van der Waals surface area contributed by atoms with E-state index in [1.165, 1.54) is 19.1 Å². The Balaban J connectivity index is 2.75. The van der Waals surface area contributed by atoms with E-state index in [2.05, 4.69) is 5.38 Å². The molecule has 91 valence electrons. The maximum Gasteiger partial charge on any atom is 0.458 e. The van der Waals surface area contributed by atoms with Crippen LogP contribution in [0.2, 0.25) is 0 Å². The van der Waals surface area contributed by atoms with Crippen LogP contribution in [0.25, 0.3) is 10.8 Å². The average molecular weight is 265 g/mol. The van der Waals surface area contributed by atoms with Crippen molar-refractivity contribution in [2.45, 2.75) is 19.0 Å². The molecular formula is C11H6F5S. The van der Waals surface area contributed by atoms with Crippen molar-refractivity contribution in [2.24, 2.45) is 0 Å².